The lowest BCUT2D eigenvalue weighted by atomic mass is 9.92. The van der Waals surface area contributed by atoms with Crippen molar-refractivity contribution in [3.8, 4) is 0 Å². The van der Waals surface area contributed by atoms with E-state index in [4.69, 9.17) is 5.73 Å². The van der Waals surface area contributed by atoms with Crippen LogP contribution >= 0.6 is 0 Å². The highest BCUT2D eigenvalue weighted by Gasteiger charge is 2.42. The van der Waals surface area contributed by atoms with Gasteiger partial charge in [0.2, 0.25) is 0 Å². The highest BCUT2D eigenvalue weighted by Crippen LogP contribution is 2.39. The maximum atomic E-state index is 13.6. The van der Waals surface area contributed by atoms with Crippen LogP contribution in [0.5, 0.6) is 0 Å². The zero-order valence-corrected chi connectivity index (χ0v) is 12.7. The zero-order valence-electron chi connectivity index (χ0n) is 12.7. The van der Waals surface area contributed by atoms with Gasteiger partial charge in [-0.05, 0) is 24.6 Å². The van der Waals surface area contributed by atoms with Gasteiger partial charge in [0.25, 0.3) is 11.8 Å². The first-order valence-electron chi connectivity index (χ1n) is 7.08. The molecule has 1 atom stereocenters. The summed E-state index contributed by atoms with van der Waals surface area (Å²) < 4.78 is 66.1. The smallest absolute Gasteiger partial charge is 0.370 e. The average Bonchev–Trinajstić information content (AvgIpc) is 2.39. The number of hydrogen-bond donors (Lipinski definition) is 1. The van der Waals surface area contributed by atoms with E-state index in [2.05, 4.69) is 0 Å². The van der Waals surface area contributed by atoms with Crippen LogP contribution in [0, 0.1) is 12.8 Å². The van der Waals surface area contributed by atoms with Crippen molar-refractivity contribution in [2.45, 2.75) is 32.4 Å². The zero-order chi connectivity index (χ0) is 17.6. The number of benzene rings is 1. The third-order valence-electron chi connectivity index (χ3n) is 4.27. The van der Waals surface area contributed by atoms with Gasteiger partial charge in [0.1, 0.15) is 0 Å². The van der Waals surface area contributed by atoms with E-state index in [1.807, 2.05) is 0 Å². The van der Waals surface area contributed by atoms with E-state index in [0.29, 0.717) is 0 Å². The van der Waals surface area contributed by atoms with Crippen LogP contribution in [0.25, 0.3) is 0 Å². The molecule has 1 heterocycles. The van der Waals surface area contributed by atoms with Crippen molar-refractivity contribution < 1.29 is 26.7 Å². The van der Waals surface area contributed by atoms with Crippen molar-refractivity contribution in [3.05, 3.63) is 28.8 Å². The second kappa shape index (κ2) is 5.65. The van der Waals surface area contributed by atoms with Gasteiger partial charge in [-0.15, -0.1) is 0 Å². The normalized spacial score (nSPS) is 21.3. The summed E-state index contributed by atoms with van der Waals surface area (Å²) in [4.78, 5) is 13.1. The van der Waals surface area contributed by atoms with Crippen LogP contribution in [-0.4, -0.2) is 24.9 Å². The number of carbonyl (C=O) groups excluding carboxylic acids is 1. The highest BCUT2D eigenvalue weighted by atomic mass is 19.4. The Kier molecular flexibility index (Phi) is 4.30. The molecular formula is C15H17F5N2O. The summed E-state index contributed by atoms with van der Waals surface area (Å²) in [6.07, 6.45) is -5.04. The van der Waals surface area contributed by atoms with E-state index in [0.717, 1.165) is 19.1 Å². The summed E-state index contributed by atoms with van der Waals surface area (Å²) in [5.41, 5.74) is 3.91. The Bertz CT molecular complexity index is 627. The predicted molar refractivity (Wildman–Crippen MR) is 75.6 cm³/mol. The number of carbonyl (C=O) groups is 1. The molecule has 1 aromatic carbocycles. The molecule has 23 heavy (non-hydrogen) atoms. The SMILES string of the molecule is Cc1c(C(F)(F)F)ccc(N2CCC(F)(F)C(C)C2)c1C(N)=O. The monoisotopic (exact) mass is 336 g/mol. The quantitative estimate of drug-likeness (QED) is 0.839. The topological polar surface area (TPSA) is 46.3 Å². The Morgan fingerprint density at radius 2 is 1.96 bits per heavy atom. The molecular weight excluding hydrogens is 319 g/mol. The van der Waals surface area contributed by atoms with Crippen LogP contribution in [0.1, 0.15) is 34.8 Å². The molecule has 0 aliphatic carbocycles. The van der Waals surface area contributed by atoms with E-state index < -0.39 is 35.9 Å². The third kappa shape index (κ3) is 3.25. The van der Waals surface area contributed by atoms with Crippen molar-refractivity contribution >= 4 is 11.6 Å². The molecule has 0 aromatic heterocycles. The number of piperidine rings is 1. The summed E-state index contributed by atoms with van der Waals surface area (Å²) in [6.45, 7) is 2.42. The Morgan fingerprint density at radius 3 is 2.43 bits per heavy atom. The summed E-state index contributed by atoms with van der Waals surface area (Å²) in [5, 5.41) is 0. The fourth-order valence-electron chi connectivity index (χ4n) is 2.88. The predicted octanol–water partition coefficient (Wildman–Crippen LogP) is 3.59. The minimum atomic E-state index is -4.62. The number of primary amides is 1. The van der Waals surface area contributed by atoms with E-state index in [-0.39, 0.29) is 29.9 Å². The summed E-state index contributed by atoms with van der Waals surface area (Å²) in [6, 6.07) is 1.99. The van der Waals surface area contributed by atoms with Crippen LogP contribution in [0.2, 0.25) is 0 Å². The summed E-state index contributed by atoms with van der Waals surface area (Å²) >= 11 is 0. The van der Waals surface area contributed by atoms with Crippen molar-refractivity contribution in [1.82, 2.24) is 0 Å². The van der Waals surface area contributed by atoms with E-state index >= 15 is 0 Å². The maximum Gasteiger partial charge on any atom is 0.416 e. The molecule has 0 spiro atoms. The Balaban J connectivity index is 2.48. The van der Waals surface area contributed by atoms with Gasteiger partial charge in [0, 0.05) is 31.1 Å². The number of anilines is 1. The Labute approximate surface area is 130 Å². The number of rotatable bonds is 2. The molecule has 2 rings (SSSR count). The van der Waals surface area contributed by atoms with Gasteiger partial charge < -0.3 is 10.6 Å². The van der Waals surface area contributed by atoms with Crippen LogP contribution in [0.4, 0.5) is 27.6 Å². The molecule has 128 valence electrons. The summed E-state index contributed by atoms with van der Waals surface area (Å²) in [5.74, 6) is -4.81. The maximum absolute atomic E-state index is 13.6. The fraction of sp³-hybridized carbons (Fsp3) is 0.533. The molecule has 1 unspecified atom stereocenters. The van der Waals surface area contributed by atoms with Gasteiger partial charge >= 0.3 is 6.18 Å². The lowest BCUT2D eigenvalue weighted by molar-refractivity contribution is -0.138. The Morgan fingerprint density at radius 1 is 1.35 bits per heavy atom. The fourth-order valence-corrected chi connectivity index (χ4v) is 2.88. The van der Waals surface area contributed by atoms with E-state index in [9.17, 15) is 26.7 Å². The van der Waals surface area contributed by atoms with E-state index in [1.165, 1.54) is 11.8 Å². The molecule has 0 bridgehead atoms. The van der Waals surface area contributed by atoms with Crippen LogP contribution in [0.15, 0.2) is 12.1 Å². The molecule has 0 radical (unpaired) electrons. The molecule has 1 fully saturated rings. The van der Waals surface area contributed by atoms with Crippen molar-refractivity contribution in [3.63, 3.8) is 0 Å². The van der Waals surface area contributed by atoms with Crippen LogP contribution < -0.4 is 10.6 Å². The van der Waals surface area contributed by atoms with E-state index in [1.54, 1.807) is 0 Å². The molecule has 1 aliphatic rings. The molecule has 8 heteroatoms. The molecule has 0 saturated carbocycles. The number of hydrogen-bond acceptors (Lipinski definition) is 2. The molecule has 2 N–H and O–H groups in total. The van der Waals surface area contributed by atoms with Gasteiger partial charge in [0.05, 0.1) is 11.1 Å². The van der Waals surface area contributed by atoms with Gasteiger partial charge in [0.15, 0.2) is 0 Å². The second-order valence-corrected chi connectivity index (χ2v) is 5.85. The molecule has 3 nitrogen and oxygen atoms in total. The van der Waals surface area contributed by atoms with Gasteiger partial charge in [-0.3, -0.25) is 4.79 Å². The van der Waals surface area contributed by atoms with Crippen LogP contribution in [-0.2, 0) is 6.18 Å². The van der Waals surface area contributed by atoms with Gasteiger partial charge in [-0.1, -0.05) is 6.92 Å². The number of amides is 1. The lowest BCUT2D eigenvalue weighted by Crippen LogP contribution is -2.46. The van der Waals surface area contributed by atoms with Gasteiger partial charge in [-0.25, -0.2) is 8.78 Å². The highest BCUT2D eigenvalue weighted by molar-refractivity contribution is 6.00. The van der Waals surface area contributed by atoms with Gasteiger partial charge in [-0.2, -0.15) is 13.2 Å². The van der Waals surface area contributed by atoms with Crippen molar-refractivity contribution in [2.75, 3.05) is 18.0 Å². The average molecular weight is 336 g/mol. The first-order chi connectivity index (χ1) is 10.4. The lowest BCUT2D eigenvalue weighted by Gasteiger charge is -2.39. The first kappa shape index (κ1) is 17.5. The molecule has 1 aromatic rings. The molecule has 1 amide bonds. The van der Waals surface area contributed by atoms with Crippen molar-refractivity contribution in [2.24, 2.45) is 11.7 Å². The molecule has 1 saturated heterocycles. The van der Waals surface area contributed by atoms with Crippen molar-refractivity contribution in [1.29, 1.82) is 0 Å². The number of halogens is 5. The van der Waals surface area contributed by atoms with Crippen LogP contribution in [0.3, 0.4) is 0 Å². The standard InChI is InChI=1S/C15H17F5N2O/c1-8-7-22(6-5-14(8,16)17)11-4-3-10(15(18,19)20)9(2)12(11)13(21)23/h3-4,8H,5-7H2,1-2H3,(H2,21,23). The third-order valence-corrected chi connectivity index (χ3v) is 4.27. The first-order valence-corrected chi connectivity index (χ1v) is 7.08. The molecule has 1 aliphatic heterocycles. The Hall–Kier alpha value is -1.86. The second-order valence-electron chi connectivity index (χ2n) is 5.85. The number of alkyl halides is 5. The minimum Gasteiger partial charge on any atom is -0.370 e. The largest absolute Gasteiger partial charge is 0.416 e. The number of nitrogens with two attached hydrogens (primary N) is 1. The summed E-state index contributed by atoms with van der Waals surface area (Å²) in [7, 11) is 0. The minimum absolute atomic E-state index is 0.0532. The number of nitrogens with zero attached hydrogens (tertiary/aromatic N) is 1.